The molecule has 33 heavy (non-hydrogen) atoms. The smallest absolute Gasteiger partial charge is 0.182 e. The van der Waals surface area contributed by atoms with Crippen molar-refractivity contribution in [1.29, 1.82) is 5.41 Å². The molecule has 178 valence electrons. The van der Waals surface area contributed by atoms with Gasteiger partial charge in [0.2, 0.25) is 0 Å². The quantitative estimate of drug-likeness (QED) is 0.519. The lowest BCUT2D eigenvalue weighted by molar-refractivity contribution is 0.0173. The summed E-state index contributed by atoms with van der Waals surface area (Å²) in [6, 6.07) is 7.84. The number of amidine groups is 1. The van der Waals surface area contributed by atoms with E-state index in [1.165, 1.54) is 12.8 Å². The minimum atomic E-state index is -0.633. The van der Waals surface area contributed by atoms with E-state index in [0.717, 1.165) is 22.5 Å². The van der Waals surface area contributed by atoms with Gasteiger partial charge >= 0.3 is 0 Å². The molecule has 0 atom stereocenters. The van der Waals surface area contributed by atoms with Crippen LogP contribution in [0.2, 0.25) is 0 Å². The maximum Gasteiger partial charge on any atom is 0.182 e. The molecule has 2 aliphatic rings. The molecule has 1 saturated carbocycles. The predicted molar refractivity (Wildman–Crippen MR) is 135 cm³/mol. The van der Waals surface area contributed by atoms with E-state index in [9.17, 15) is 4.79 Å². The summed E-state index contributed by atoms with van der Waals surface area (Å²) in [5, 5.41) is 8.61. The zero-order chi connectivity index (χ0) is 23.2. The summed E-state index contributed by atoms with van der Waals surface area (Å²) >= 11 is 0. The van der Waals surface area contributed by atoms with Gasteiger partial charge in [-0.25, -0.2) is 4.98 Å². The fourth-order valence-electron chi connectivity index (χ4n) is 4.15. The number of anilines is 1. The second-order valence-corrected chi connectivity index (χ2v) is 9.33. The fourth-order valence-corrected chi connectivity index (χ4v) is 4.15. The third-order valence-electron chi connectivity index (χ3n) is 6.47. The van der Waals surface area contributed by atoms with E-state index in [2.05, 4.69) is 12.1 Å². The standard InChI is InChI=1S/C25H32N4O3.BrH/c1-25(2,32-6)18-11-17(12-20(28(3)4)23(18)31-5)21(30)14-29-13-16-9-10-19(15-7-8-15)27-22(16)24(29)26;/h9-12,15,26H,7-8,13-14H2,1-6H3;1H. The highest BCUT2D eigenvalue weighted by molar-refractivity contribution is 8.93. The number of fused-ring (bicyclic) bond motifs is 1. The number of benzene rings is 1. The Morgan fingerprint density at radius 3 is 2.52 bits per heavy atom. The van der Waals surface area contributed by atoms with Crippen LogP contribution in [0.25, 0.3) is 0 Å². The largest absolute Gasteiger partial charge is 0.494 e. The normalized spacial score (nSPS) is 15.2. The number of carbonyl (C=O) groups is 1. The maximum atomic E-state index is 13.4. The number of aromatic nitrogens is 1. The average Bonchev–Trinajstić information content (AvgIpc) is 3.58. The van der Waals surface area contributed by atoms with Crippen LogP contribution in [0.4, 0.5) is 5.69 Å². The van der Waals surface area contributed by atoms with Gasteiger partial charge in [0, 0.05) is 56.1 Å². The number of carbonyl (C=O) groups excluding carboxylic acids is 1. The van der Waals surface area contributed by atoms with Crippen LogP contribution in [0.5, 0.6) is 5.75 Å². The van der Waals surface area contributed by atoms with Gasteiger partial charge in [-0.2, -0.15) is 0 Å². The monoisotopic (exact) mass is 516 g/mol. The molecule has 1 aromatic heterocycles. The Morgan fingerprint density at radius 1 is 1.24 bits per heavy atom. The summed E-state index contributed by atoms with van der Waals surface area (Å²) in [6.45, 7) is 4.56. The van der Waals surface area contributed by atoms with Crippen LogP contribution in [0.1, 0.15) is 65.5 Å². The molecular weight excluding hydrogens is 484 g/mol. The molecule has 0 unspecified atom stereocenters. The van der Waals surface area contributed by atoms with E-state index < -0.39 is 5.60 Å². The van der Waals surface area contributed by atoms with Crippen molar-refractivity contribution in [2.75, 3.05) is 39.8 Å². The lowest BCUT2D eigenvalue weighted by atomic mass is 9.92. The molecule has 1 aliphatic heterocycles. The van der Waals surface area contributed by atoms with E-state index >= 15 is 0 Å². The number of Topliss-reactive ketones (excluding diaryl/α,β-unsaturated/α-hetero) is 1. The van der Waals surface area contributed by atoms with Gasteiger partial charge in [0.15, 0.2) is 5.78 Å². The highest BCUT2D eigenvalue weighted by Crippen LogP contribution is 2.41. The Morgan fingerprint density at radius 2 is 1.94 bits per heavy atom. The zero-order valence-corrected chi connectivity index (χ0v) is 21.9. The molecule has 7 nitrogen and oxygen atoms in total. The molecule has 0 bridgehead atoms. The first-order valence-corrected chi connectivity index (χ1v) is 11.0. The van der Waals surface area contributed by atoms with Crippen molar-refractivity contribution in [3.05, 3.63) is 52.3 Å². The molecule has 2 heterocycles. The number of ketones is 1. The number of methoxy groups -OCH3 is 2. The second-order valence-electron chi connectivity index (χ2n) is 9.33. The molecule has 1 fully saturated rings. The van der Waals surface area contributed by atoms with Crippen LogP contribution in [0, 0.1) is 5.41 Å². The van der Waals surface area contributed by atoms with E-state index in [1.807, 2.05) is 45.0 Å². The number of nitrogens with one attached hydrogen (secondary N) is 1. The first-order chi connectivity index (χ1) is 15.2. The van der Waals surface area contributed by atoms with Crippen LogP contribution in [0.15, 0.2) is 24.3 Å². The summed E-state index contributed by atoms with van der Waals surface area (Å²) in [6.07, 6.45) is 2.35. The molecular formula is C25H33BrN4O3. The number of hydrogen-bond donors (Lipinski definition) is 1. The summed E-state index contributed by atoms with van der Waals surface area (Å²) in [7, 11) is 7.12. The van der Waals surface area contributed by atoms with Crippen molar-refractivity contribution in [2.24, 2.45) is 0 Å². The van der Waals surface area contributed by atoms with Crippen molar-refractivity contribution in [3.63, 3.8) is 0 Å². The second kappa shape index (κ2) is 9.43. The van der Waals surface area contributed by atoms with Crippen molar-refractivity contribution >= 4 is 34.3 Å². The lowest BCUT2D eigenvalue weighted by Gasteiger charge is -2.29. The lowest BCUT2D eigenvalue weighted by Crippen LogP contribution is -2.31. The number of hydrogen-bond acceptors (Lipinski definition) is 6. The van der Waals surface area contributed by atoms with Gasteiger partial charge in [-0.1, -0.05) is 6.07 Å². The number of nitrogens with zero attached hydrogens (tertiary/aromatic N) is 3. The Bertz CT molecular complexity index is 1080. The number of pyridine rings is 1. The van der Waals surface area contributed by atoms with E-state index in [-0.39, 0.29) is 29.3 Å². The molecule has 1 N–H and O–H groups in total. The minimum absolute atomic E-state index is 0. The van der Waals surface area contributed by atoms with Crippen LogP contribution < -0.4 is 9.64 Å². The van der Waals surface area contributed by atoms with Gasteiger partial charge in [-0.15, -0.1) is 17.0 Å². The van der Waals surface area contributed by atoms with Crippen LogP contribution in [0.3, 0.4) is 0 Å². The number of ether oxygens (including phenoxy) is 2. The Hall–Kier alpha value is -2.45. The molecule has 4 rings (SSSR count). The number of rotatable bonds is 8. The molecule has 0 radical (unpaired) electrons. The average molecular weight is 517 g/mol. The van der Waals surface area contributed by atoms with Crippen molar-refractivity contribution < 1.29 is 14.3 Å². The third kappa shape index (κ3) is 4.77. The first kappa shape index (κ1) is 25.2. The first-order valence-electron chi connectivity index (χ1n) is 11.0. The summed E-state index contributed by atoms with van der Waals surface area (Å²) in [5.74, 6) is 1.50. The van der Waals surface area contributed by atoms with Gasteiger partial charge in [-0.3, -0.25) is 10.2 Å². The Labute approximate surface area is 206 Å². The third-order valence-corrected chi connectivity index (χ3v) is 6.47. The Balaban J connectivity index is 0.00000306. The minimum Gasteiger partial charge on any atom is -0.494 e. The van der Waals surface area contributed by atoms with Gasteiger partial charge in [0.1, 0.15) is 17.3 Å². The van der Waals surface area contributed by atoms with E-state index in [0.29, 0.717) is 35.3 Å². The molecule has 0 saturated heterocycles. The van der Waals surface area contributed by atoms with Crippen LogP contribution in [-0.4, -0.2) is 56.4 Å². The highest BCUT2D eigenvalue weighted by Gasteiger charge is 2.32. The van der Waals surface area contributed by atoms with Gasteiger partial charge in [-0.05, 0) is 44.9 Å². The maximum absolute atomic E-state index is 13.4. The molecule has 1 aliphatic carbocycles. The molecule has 8 heteroatoms. The number of halogens is 1. The van der Waals surface area contributed by atoms with Gasteiger partial charge in [0.25, 0.3) is 0 Å². The SMILES string of the molecule is Br.COc1c(N(C)C)cc(C(=O)CN2Cc3ccc(C4CC4)nc3C2=N)cc1C(C)(C)OC. The van der Waals surface area contributed by atoms with Crippen molar-refractivity contribution in [3.8, 4) is 5.75 Å². The van der Waals surface area contributed by atoms with Crippen molar-refractivity contribution in [2.45, 2.75) is 44.8 Å². The highest BCUT2D eigenvalue weighted by atomic mass is 79.9. The van der Waals surface area contributed by atoms with Crippen LogP contribution in [-0.2, 0) is 16.9 Å². The van der Waals surface area contributed by atoms with E-state index in [1.54, 1.807) is 19.1 Å². The molecule has 0 spiro atoms. The predicted octanol–water partition coefficient (Wildman–Crippen LogP) is 4.52. The van der Waals surface area contributed by atoms with Gasteiger partial charge < -0.3 is 19.3 Å². The fraction of sp³-hybridized carbons (Fsp3) is 0.480. The summed E-state index contributed by atoms with van der Waals surface area (Å²) < 4.78 is 11.4. The summed E-state index contributed by atoms with van der Waals surface area (Å²) in [5.41, 5.74) is 4.36. The molecule has 2 aromatic rings. The Kier molecular flexibility index (Phi) is 7.19. The van der Waals surface area contributed by atoms with Crippen LogP contribution >= 0.6 is 17.0 Å². The topological polar surface area (TPSA) is 78.8 Å². The van der Waals surface area contributed by atoms with Gasteiger partial charge in [0.05, 0.1) is 24.9 Å². The zero-order valence-electron chi connectivity index (χ0n) is 20.2. The summed E-state index contributed by atoms with van der Waals surface area (Å²) in [4.78, 5) is 21.8. The van der Waals surface area contributed by atoms with E-state index in [4.69, 9.17) is 19.9 Å². The molecule has 0 amide bonds. The molecule has 1 aromatic carbocycles. The van der Waals surface area contributed by atoms with Crippen molar-refractivity contribution in [1.82, 2.24) is 9.88 Å².